The van der Waals surface area contributed by atoms with Crippen LogP contribution < -0.4 is 0 Å². The number of hydrogen-bond acceptors (Lipinski definition) is 3. The lowest BCUT2D eigenvalue weighted by Gasteiger charge is -2.09. The van der Waals surface area contributed by atoms with Crippen molar-refractivity contribution in [1.82, 2.24) is 8.96 Å². The van der Waals surface area contributed by atoms with Gasteiger partial charge in [0.05, 0.1) is 13.6 Å². The summed E-state index contributed by atoms with van der Waals surface area (Å²) in [5.74, 6) is 0. The van der Waals surface area contributed by atoms with Gasteiger partial charge >= 0.3 is 0 Å². The number of pyridine rings is 1. The van der Waals surface area contributed by atoms with Crippen molar-refractivity contribution >= 4 is 55.2 Å². The standard InChI is InChI=1S/C15H12ClIN2O2S/c1-9-3-5-11(6-4-9)22(20,21)19-13(17)7-12-14(16)10(2)8-18-15(12)19/h3-8H,1-2H3. The molecule has 0 spiro atoms. The molecule has 0 amide bonds. The first kappa shape index (κ1) is 15.8. The Hall–Kier alpha value is -1.12. The second-order valence-electron chi connectivity index (χ2n) is 5.04. The molecule has 2 aromatic heterocycles. The molecule has 4 nitrogen and oxygen atoms in total. The van der Waals surface area contributed by atoms with Crippen LogP contribution in [-0.2, 0) is 10.0 Å². The Morgan fingerprint density at radius 3 is 2.45 bits per heavy atom. The van der Waals surface area contributed by atoms with Gasteiger partial charge < -0.3 is 0 Å². The van der Waals surface area contributed by atoms with Gasteiger partial charge in [-0.05, 0) is 60.2 Å². The molecular formula is C15H12ClIN2O2S. The molecular weight excluding hydrogens is 435 g/mol. The Bertz CT molecular complexity index is 979. The molecule has 0 aliphatic rings. The van der Waals surface area contributed by atoms with Crippen LogP contribution in [0.15, 0.2) is 41.4 Å². The first-order chi connectivity index (χ1) is 10.3. The molecule has 1 aromatic carbocycles. The van der Waals surface area contributed by atoms with E-state index < -0.39 is 10.0 Å². The Morgan fingerprint density at radius 1 is 1.18 bits per heavy atom. The number of halogens is 2. The lowest BCUT2D eigenvalue weighted by Crippen LogP contribution is -2.15. The summed E-state index contributed by atoms with van der Waals surface area (Å²) < 4.78 is 27.6. The molecule has 0 aliphatic heterocycles. The molecule has 2 heterocycles. The van der Waals surface area contributed by atoms with Crippen LogP contribution >= 0.6 is 34.2 Å². The van der Waals surface area contributed by atoms with Crippen molar-refractivity contribution in [3.05, 3.63) is 56.4 Å². The smallest absolute Gasteiger partial charge is 0.237 e. The summed E-state index contributed by atoms with van der Waals surface area (Å²) in [6, 6.07) is 8.49. The fourth-order valence-electron chi connectivity index (χ4n) is 2.21. The Labute approximate surface area is 147 Å². The molecule has 0 radical (unpaired) electrons. The van der Waals surface area contributed by atoms with Crippen molar-refractivity contribution in [2.45, 2.75) is 18.7 Å². The quantitative estimate of drug-likeness (QED) is 0.556. The SMILES string of the molecule is Cc1ccc(S(=O)(=O)n2c(I)cc3c(Cl)c(C)cnc32)cc1. The van der Waals surface area contributed by atoms with Gasteiger partial charge in [-0.3, -0.25) is 0 Å². The van der Waals surface area contributed by atoms with Gasteiger partial charge in [0.2, 0.25) is 0 Å². The molecule has 0 aliphatic carbocycles. The molecule has 114 valence electrons. The van der Waals surface area contributed by atoms with Crippen molar-refractivity contribution in [3.63, 3.8) is 0 Å². The number of fused-ring (bicyclic) bond motifs is 1. The highest BCUT2D eigenvalue weighted by Gasteiger charge is 2.24. The number of nitrogens with zero attached hydrogens (tertiary/aromatic N) is 2. The molecule has 0 bridgehead atoms. The van der Waals surface area contributed by atoms with E-state index in [-0.39, 0.29) is 4.90 Å². The number of aryl methyl sites for hydroxylation is 2. The van der Waals surface area contributed by atoms with Gasteiger partial charge in [0.25, 0.3) is 10.0 Å². The summed E-state index contributed by atoms with van der Waals surface area (Å²) in [6.45, 7) is 3.75. The third-order valence-electron chi connectivity index (χ3n) is 3.41. The first-order valence-corrected chi connectivity index (χ1v) is 9.36. The van der Waals surface area contributed by atoms with Gasteiger partial charge in [0, 0.05) is 11.6 Å². The average Bonchev–Trinajstić information content (AvgIpc) is 2.81. The highest BCUT2D eigenvalue weighted by atomic mass is 127. The number of aromatic nitrogens is 2. The third kappa shape index (κ3) is 2.43. The van der Waals surface area contributed by atoms with Crippen LogP contribution in [0, 0.1) is 17.5 Å². The van der Waals surface area contributed by atoms with E-state index in [0.717, 1.165) is 11.1 Å². The molecule has 0 N–H and O–H groups in total. The van der Waals surface area contributed by atoms with E-state index in [9.17, 15) is 8.42 Å². The minimum absolute atomic E-state index is 0.229. The van der Waals surface area contributed by atoms with Gasteiger partial charge in [-0.25, -0.2) is 17.4 Å². The van der Waals surface area contributed by atoms with E-state index in [1.54, 1.807) is 36.5 Å². The molecule has 0 saturated carbocycles. The Morgan fingerprint density at radius 2 is 1.82 bits per heavy atom. The van der Waals surface area contributed by atoms with Crippen LogP contribution in [0.25, 0.3) is 11.0 Å². The minimum atomic E-state index is -3.71. The molecule has 22 heavy (non-hydrogen) atoms. The van der Waals surface area contributed by atoms with E-state index in [4.69, 9.17) is 11.6 Å². The van der Waals surface area contributed by atoms with Crippen molar-refractivity contribution in [2.24, 2.45) is 0 Å². The van der Waals surface area contributed by atoms with E-state index in [1.807, 2.05) is 36.4 Å². The van der Waals surface area contributed by atoms with Crippen molar-refractivity contribution in [1.29, 1.82) is 0 Å². The highest BCUT2D eigenvalue weighted by molar-refractivity contribution is 14.1. The van der Waals surface area contributed by atoms with Crippen LogP contribution in [0.2, 0.25) is 5.02 Å². The van der Waals surface area contributed by atoms with E-state index >= 15 is 0 Å². The Kier molecular flexibility index (Phi) is 3.94. The van der Waals surface area contributed by atoms with Crippen LogP contribution in [0.4, 0.5) is 0 Å². The summed E-state index contributed by atoms with van der Waals surface area (Å²) in [6.07, 6.45) is 1.59. The van der Waals surface area contributed by atoms with Gasteiger partial charge in [0.15, 0.2) is 5.65 Å². The van der Waals surface area contributed by atoms with Gasteiger partial charge in [0.1, 0.15) is 0 Å². The van der Waals surface area contributed by atoms with Crippen LogP contribution in [0.1, 0.15) is 11.1 Å². The Balaban J connectivity index is 2.32. The zero-order valence-electron chi connectivity index (χ0n) is 11.8. The summed E-state index contributed by atoms with van der Waals surface area (Å²) in [5.41, 5.74) is 2.17. The number of benzene rings is 1. The zero-order valence-corrected chi connectivity index (χ0v) is 15.6. The number of hydrogen-bond donors (Lipinski definition) is 0. The van der Waals surface area contributed by atoms with E-state index in [2.05, 4.69) is 4.98 Å². The summed E-state index contributed by atoms with van der Waals surface area (Å²) >= 11 is 8.26. The first-order valence-electron chi connectivity index (χ1n) is 6.46. The van der Waals surface area contributed by atoms with Crippen LogP contribution in [-0.4, -0.2) is 17.4 Å². The second-order valence-corrected chi connectivity index (χ2v) is 8.31. The maximum absolute atomic E-state index is 12.9. The molecule has 3 aromatic rings. The molecule has 3 rings (SSSR count). The fraction of sp³-hybridized carbons (Fsp3) is 0.133. The number of rotatable bonds is 2. The predicted octanol–water partition coefficient (Wildman–Crippen LogP) is 4.15. The highest BCUT2D eigenvalue weighted by Crippen LogP contribution is 2.31. The van der Waals surface area contributed by atoms with Gasteiger partial charge in [-0.15, -0.1) is 0 Å². The molecule has 0 saturated heterocycles. The third-order valence-corrected chi connectivity index (χ3v) is 6.75. The van der Waals surface area contributed by atoms with Crippen molar-refractivity contribution in [3.8, 4) is 0 Å². The van der Waals surface area contributed by atoms with Gasteiger partial charge in [-0.1, -0.05) is 29.3 Å². The normalized spacial score (nSPS) is 12.0. The summed E-state index contributed by atoms with van der Waals surface area (Å²) in [7, 11) is -3.71. The monoisotopic (exact) mass is 446 g/mol. The molecule has 0 fully saturated rings. The van der Waals surface area contributed by atoms with Crippen molar-refractivity contribution in [2.75, 3.05) is 0 Å². The van der Waals surface area contributed by atoms with Crippen molar-refractivity contribution < 1.29 is 8.42 Å². The molecule has 0 atom stereocenters. The largest absolute Gasteiger partial charge is 0.270 e. The second kappa shape index (κ2) is 5.50. The topological polar surface area (TPSA) is 52.0 Å². The fourth-order valence-corrected chi connectivity index (χ4v) is 5.06. The predicted molar refractivity (Wildman–Crippen MR) is 96.0 cm³/mol. The van der Waals surface area contributed by atoms with Gasteiger partial charge in [-0.2, -0.15) is 0 Å². The average molecular weight is 447 g/mol. The summed E-state index contributed by atoms with van der Waals surface area (Å²) in [5, 5.41) is 1.17. The lowest BCUT2D eigenvalue weighted by molar-refractivity contribution is 0.588. The minimum Gasteiger partial charge on any atom is -0.237 e. The molecule has 0 unspecified atom stereocenters. The maximum atomic E-state index is 12.9. The lowest BCUT2D eigenvalue weighted by atomic mass is 10.2. The van der Waals surface area contributed by atoms with Crippen LogP contribution in [0.3, 0.4) is 0 Å². The van der Waals surface area contributed by atoms with E-state index in [1.165, 1.54) is 3.97 Å². The van der Waals surface area contributed by atoms with E-state index in [0.29, 0.717) is 19.8 Å². The van der Waals surface area contributed by atoms with Crippen LogP contribution in [0.5, 0.6) is 0 Å². The molecule has 7 heteroatoms. The zero-order chi connectivity index (χ0) is 16.1. The summed E-state index contributed by atoms with van der Waals surface area (Å²) in [4.78, 5) is 4.49. The maximum Gasteiger partial charge on any atom is 0.270 e.